The smallest absolute Gasteiger partial charge is 0.316 e. The van der Waals surface area contributed by atoms with Crippen molar-refractivity contribution in [3.63, 3.8) is 0 Å². The van der Waals surface area contributed by atoms with Crippen molar-refractivity contribution in [1.29, 1.82) is 0 Å². The average Bonchev–Trinajstić information content (AvgIpc) is 2.86. The van der Waals surface area contributed by atoms with Gasteiger partial charge in [-0.3, -0.25) is 4.79 Å². The van der Waals surface area contributed by atoms with Crippen LogP contribution in [0.5, 0.6) is 0 Å². The number of nitrogens with zero attached hydrogens (tertiary/aromatic N) is 1. The molecule has 5 heteroatoms. The van der Waals surface area contributed by atoms with Crippen LogP contribution in [-0.2, 0) is 0 Å². The van der Waals surface area contributed by atoms with E-state index in [9.17, 15) is 9.59 Å². The molecule has 20 heavy (non-hydrogen) atoms. The molecule has 0 radical (unpaired) electrons. The van der Waals surface area contributed by atoms with Gasteiger partial charge < -0.3 is 16.0 Å². The third-order valence-electron chi connectivity index (χ3n) is 3.71. The Labute approximate surface area is 119 Å². The number of urea groups is 1. The van der Waals surface area contributed by atoms with E-state index in [4.69, 9.17) is 5.73 Å². The van der Waals surface area contributed by atoms with E-state index in [1.54, 1.807) is 24.3 Å². The van der Waals surface area contributed by atoms with Crippen molar-refractivity contribution < 1.29 is 9.59 Å². The summed E-state index contributed by atoms with van der Waals surface area (Å²) in [5.74, 6) is 0.475. The van der Waals surface area contributed by atoms with Gasteiger partial charge in [0.15, 0.2) is 0 Å². The molecule has 0 saturated carbocycles. The molecule has 5 nitrogen and oxygen atoms in total. The van der Waals surface area contributed by atoms with E-state index in [1.165, 1.54) is 0 Å². The molecule has 2 rings (SSSR count). The predicted octanol–water partition coefficient (Wildman–Crippen LogP) is 2.44. The predicted molar refractivity (Wildman–Crippen MR) is 78.5 cm³/mol. The number of rotatable bonds is 3. The summed E-state index contributed by atoms with van der Waals surface area (Å²) in [6.45, 7) is 5.08. The number of carbonyl (C=O) groups is 2. The van der Waals surface area contributed by atoms with Crippen LogP contribution in [0.25, 0.3) is 0 Å². The van der Waals surface area contributed by atoms with E-state index in [1.807, 2.05) is 4.90 Å². The van der Waals surface area contributed by atoms with E-state index in [0.29, 0.717) is 23.2 Å². The fourth-order valence-corrected chi connectivity index (χ4v) is 2.78. The zero-order valence-corrected chi connectivity index (χ0v) is 11.9. The second-order valence-electron chi connectivity index (χ2n) is 5.52. The number of amides is 3. The molecule has 0 spiro atoms. The molecule has 3 N–H and O–H groups in total. The van der Waals surface area contributed by atoms with Crippen LogP contribution in [0.15, 0.2) is 24.3 Å². The van der Waals surface area contributed by atoms with Gasteiger partial charge >= 0.3 is 6.03 Å². The molecule has 1 aromatic carbocycles. The number of hydrogen-bond donors (Lipinski definition) is 2. The molecule has 0 bridgehead atoms. The number of likely N-dealkylation sites (tertiary alicyclic amines) is 1. The van der Waals surface area contributed by atoms with Crippen LogP contribution in [0.3, 0.4) is 0 Å². The van der Waals surface area contributed by atoms with Crippen molar-refractivity contribution in [3.05, 3.63) is 29.8 Å². The molecule has 1 aromatic rings. The monoisotopic (exact) mass is 275 g/mol. The highest BCUT2D eigenvalue weighted by Crippen LogP contribution is 2.26. The molecular formula is C15H21N3O2. The molecule has 1 heterocycles. The third-order valence-corrected chi connectivity index (χ3v) is 3.71. The number of primary amides is 1. The molecule has 1 aliphatic rings. The van der Waals surface area contributed by atoms with Gasteiger partial charge in [0.1, 0.15) is 0 Å². The van der Waals surface area contributed by atoms with Crippen molar-refractivity contribution >= 4 is 17.6 Å². The van der Waals surface area contributed by atoms with Crippen molar-refractivity contribution in [2.75, 3.05) is 11.9 Å². The van der Waals surface area contributed by atoms with Crippen LogP contribution in [0.1, 0.15) is 37.0 Å². The number of nitrogens with one attached hydrogen (secondary N) is 1. The van der Waals surface area contributed by atoms with E-state index >= 15 is 0 Å². The van der Waals surface area contributed by atoms with Gasteiger partial charge in [0.05, 0.1) is 0 Å². The second kappa shape index (κ2) is 5.94. The summed E-state index contributed by atoms with van der Waals surface area (Å²) in [5, 5.41) is 2.49. The maximum absolute atomic E-state index is 12.6. The quantitative estimate of drug-likeness (QED) is 0.889. The first-order chi connectivity index (χ1) is 9.49. The zero-order chi connectivity index (χ0) is 14.7. The van der Waals surface area contributed by atoms with E-state index < -0.39 is 6.03 Å². The van der Waals surface area contributed by atoms with Crippen LogP contribution in [0, 0.1) is 5.92 Å². The highest BCUT2D eigenvalue weighted by atomic mass is 16.2. The summed E-state index contributed by atoms with van der Waals surface area (Å²) in [7, 11) is 0. The van der Waals surface area contributed by atoms with Crippen molar-refractivity contribution in [1.82, 2.24) is 4.90 Å². The van der Waals surface area contributed by atoms with Gasteiger partial charge in [-0.25, -0.2) is 4.79 Å². The molecule has 108 valence electrons. The lowest BCUT2D eigenvalue weighted by Crippen LogP contribution is -2.38. The third kappa shape index (κ3) is 3.10. The first-order valence-corrected chi connectivity index (χ1v) is 6.96. The Balaban J connectivity index is 2.18. The summed E-state index contributed by atoms with van der Waals surface area (Å²) in [5.41, 5.74) is 6.22. The SMILES string of the molecule is CC(C)[C@H]1CCCN1C(=O)c1cccc(NC(N)=O)c1. The van der Waals surface area contributed by atoms with Gasteiger partial charge in [-0.2, -0.15) is 0 Å². The van der Waals surface area contributed by atoms with E-state index in [0.717, 1.165) is 19.4 Å². The highest BCUT2D eigenvalue weighted by Gasteiger charge is 2.31. The number of carbonyl (C=O) groups excluding carboxylic acids is 2. The fraction of sp³-hybridized carbons (Fsp3) is 0.467. The summed E-state index contributed by atoms with van der Waals surface area (Å²) in [6.07, 6.45) is 2.11. The van der Waals surface area contributed by atoms with Gasteiger partial charge in [0, 0.05) is 23.8 Å². The lowest BCUT2D eigenvalue weighted by Gasteiger charge is -2.27. The number of benzene rings is 1. The maximum atomic E-state index is 12.6. The number of hydrogen-bond acceptors (Lipinski definition) is 2. The summed E-state index contributed by atoms with van der Waals surface area (Å²) in [4.78, 5) is 25.4. The van der Waals surface area contributed by atoms with Gasteiger partial charge in [-0.1, -0.05) is 19.9 Å². The van der Waals surface area contributed by atoms with Crippen molar-refractivity contribution in [2.45, 2.75) is 32.7 Å². The minimum absolute atomic E-state index is 0.0225. The van der Waals surface area contributed by atoms with Gasteiger partial charge in [-0.05, 0) is 37.0 Å². The van der Waals surface area contributed by atoms with Crippen LogP contribution < -0.4 is 11.1 Å². The largest absolute Gasteiger partial charge is 0.351 e. The molecule has 1 atom stereocenters. The van der Waals surface area contributed by atoms with Crippen LogP contribution >= 0.6 is 0 Å². The molecule has 1 fully saturated rings. The van der Waals surface area contributed by atoms with Crippen LogP contribution in [0.2, 0.25) is 0 Å². The van der Waals surface area contributed by atoms with Crippen molar-refractivity contribution in [2.24, 2.45) is 11.7 Å². The standard InChI is InChI=1S/C15H21N3O2/c1-10(2)13-7-4-8-18(13)14(19)11-5-3-6-12(9-11)17-15(16)20/h3,5-6,9-10,13H,4,7-8H2,1-2H3,(H3,16,17,20)/t13-/m1/s1. The minimum atomic E-state index is -0.629. The summed E-state index contributed by atoms with van der Waals surface area (Å²) >= 11 is 0. The fourth-order valence-electron chi connectivity index (χ4n) is 2.78. The second-order valence-corrected chi connectivity index (χ2v) is 5.52. The first-order valence-electron chi connectivity index (χ1n) is 6.96. The Kier molecular flexibility index (Phi) is 4.27. The topological polar surface area (TPSA) is 75.4 Å². The van der Waals surface area contributed by atoms with Gasteiger partial charge in [0.25, 0.3) is 5.91 Å². The molecule has 1 aliphatic heterocycles. The Morgan fingerprint density at radius 3 is 2.80 bits per heavy atom. The minimum Gasteiger partial charge on any atom is -0.351 e. The Morgan fingerprint density at radius 2 is 2.15 bits per heavy atom. The molecule has 1 saturated heterocycles. The highest BCUT2D eigenvalue weighted by molar-refractivity contribution is 5.97. The van der Waals surface area contributed by atoms with E-state index in [2.05, 4.69) is 19.2 Å². The lowest BCUT2D eigenvalue weighted by molar-refractivity contribution is 0.0701. The van der Waals surface area contributed by atoms with Gasteiger partial charge in [0.2, 0.25) is 0 Å². The normalized spacial score (nSPS) is 18.4. The van der Waals surface area contributed by atoms with Gasteiger partial charge in [-0.15, -0.1) is 0 Å². The Hall–Kier alpha value is -2.04. The zero-order valence-electron chi connectivity index (χ0n) is 11.9. The number of anilines is 1. The van der Waals surface area contributed by atoms with Crippen LogP contribution in [0.4, 0.5) is 10.5 Å². The summed E-state index contributed by atoms with van der Waals surface area (Å²) in [6, 6.07) is 6.57. The molecular weight excluding hydrogens is 254 g/mol. The van der Waals surface area contributed by atoms with E-state index in [-0.39, 0.29) is 5.91 Å². The average molecular weight is 275 g/mol. The first kappa shape index (κ1) is 14.4. The lowest BCUT2D eigenvalue weighted by atomic mass is 10.0. The van der Waals surface area contributed by atoms with Crippen molar-refractivity contribution in [3.8, 4) is 0 Å². The Bertz CT molecular complexity index is 514. The molecule has 0 aliphatic carbocycles. The maximum Gasteiger partial charge on any atom is 0.316 e. The number of nitrogens with two attached hydrogens (primary N) is 1. The summed E-state index contributed by atoms with van der Waals surface area (Å²) < 4.78 is 0. The van der Waals surface area contributed by atoms with Crippen LogP contribution in [-0.4, -0.2) is 29.4 Å². The Morgan fingerprint density at radius 1 is 1.40 bits per heavy atom. The molecule has 0 aromatic heterocycles. The molecule has 0 unspecified atom stereocenters. The molecule has 3 amide bonds.